The quantitative estimate of drug-likeness (QED) is 0.689. The molecule has 1 aliphatic heterocycles. The van der Waals surface area contributed by atoms with Gasteiger partial charge in [0.1, 0.15) is 5.82 Å². The molecule has 1 aliphatic carbocycles. The molecule has 2 aromatic carbocycles. The van der Waals surface area contributed by atoms with Crippen molar-refractivity contribution < 1.29 is 9.13 Å². The van der Waals surface area contributed by atoms with E-state index in [2.05, 4.69) is 24.3 Å². The molecular weight excluding hydrogens is 251 g/mol. The van der Waals surface area contributed by atoms with Crippen molar-refractivity contribution in [2.24, 2.45) is 0 Å². The second-order valence-electron chi connectivity index (χ2n) is 5.76. The van der Waals surface area contributed by atoms with Crippen molar-refractivity contribution >= 4 is 0 Å². The Morgan fingerprint density at radius 1 is 1.00 bits per heavy atom. The van der Waals surface area contributed by atoms with Gasteiger partial charge in [-0.2, -0.15) is 0 Å². The molecule has 1 saturated heterocycles. The normalized spacial score (nSPS) is 24.2. The Balaban J connectivity index is 1.92. The van der Waals surface area contributed by atoms with Crippen LogP contribution in [0.3, 0.4) is 0 Å². The first-order chi connectivity index (χ1) is 9.83. The van der Waals surface area contributed by atoms with E-state index in [9.17, 15) is 4.39 Å². The summed E-state index contributed by atoms with van der Waals surface area (Å²) in [5.74, 6) is 0.200. The lowest BCUT2D eigenvalue weighted by molar-refractivity contribution is -0.00220. The monoisotopic (exact) mass is 268 g/mol. The largest absolute Gasteiger partial charge is 0.373 e. The molecule has 0 bridgehead atoms. The van der Waals surface area contributed by atoms with Crippen LogP contribution >= 0.6 is 0 Å². The molecule has 2 atom stereocenters. The first-order valence-corrected chi connectivity index (χ1v) is 7.30. The van der Waals surface area contributed by atoms with Crippen LogP contribution < -0.4 is 0 Å². The summed E-state index contributed by atoms with van der Waals surface area (Å²) in [6.45, 7) is 0.777. The van der Waals surface area contributed by atoms with Gasteiger partial charge in [0.15, 0.2) is 0 Å². The third-order valence-corrected chi connectivity index (χ3v) is 4.57. The summed E-state index contributed by atoms with van der Waals surface area (Å²) in [6.07, 6.45) is 3.10. The average molecular weight is 268 g/mol. The molecule has 0 radical (unpaired) electrons. The van der Waals surface area contributed by atoms with Crippen LogP contribution in [0.15, 0.2) is 42.5 Å². The number of rotatable bonds is 0. The van der Waals surface area contributed by atoms with Gasteiger partial charge in [-0.25, -0.2) is 4.39 Å². The molecule has 2 heteroatoms. The van der Waals surface area contributed by atoms with E-state index in [-0.39, 0.29) is 11.9 Å². The topological polar surface area (TPSA) is 9.23 Å². The lowest BCUT2D eigenvalue weighted by Crippen LogP contribution is -2.21. The zero-order chi connectivity index (χ0) is 13.5. The van der Waals surface area contributed by atoms with Crippen molar-refractivity contribution in [2.75, 3.05) is 6.61 Å². The standard InChI is InChI=1S/C18H17FO/c19-14-8-7-13-10-12-4-1-2-5-15(12)16-6-3-9-20-18(16)17(13)11-14/h1-2,4-5,7-8,11,16,18H,3,6,9-10H2/t16-,18?/m1/s1. The van der Waals surface area contributed by atoms with Gasteiger partial charge < -0.3 is 4.74 Å². The summed E-state index contributed by atoms with van der Waals surface area (Å²) in [4.78, 5) is 0. The number of ether oxygens (including phenoxy) is 1. The van der Waals surface area contributed by atoms with E-state index >= 15 is 0 Å². The van der Waals surface area contributed by atoms with Gasteiger partial charge in [0.25, 0.3) is 0 Å². The van der Waals surface area contributed by atoms with E-state index in [0.717, 1.165) is 31.4 Å². The third kappa shape index (κ3) is 1.87. The second-order valence-corrected chi connectivity index (χ2v) is 5.76. The second kappa shape index (κ2) is 4.71. The van der Waals surface area contributed by atoms with Crippen molar-refractivity contribution in [3.05, 3.63) is 70.5 Å². The minimum atomic E-state index is -0.164. The van der Waals surface area contributed by atoms with Crippen LogP contribution in [0, 0.1) is 5.82 Å². The van der Waals surface area contributed by atoms with Crippen molar-refractivity contribution in [1.29, 1.82) is 0 Å². The summed E-state index contributed by atoms with van der Waals surface area (Å²) in [7, 11) is 0. The summed E-state index contributed by atoms with van der Waals surface area (Å²) in [5, 5.41) is 0. The summed E-state index contributed by atoms with van der Waals surface area (Å²) in [5.41, 5.74) is 4.99. The molecule has 2 aliphatic rings. The van der Waals surface area contributed by atoms with E-state index < -0.39 is 0 Å². The molecule has 20 heavy (non-hydrogen) atoms. The highest BCUT2D eigenvalue weighted by molar-refractivity contribution is 5.44. The summed E-state index contributed by atoms with van der Waals surface area (Å²) < 4.78 is 19.7. The Hall–Kier alpha value is -1.67. The minimum absolute atomic E-state index is 0.0121. The fourth-order valence-electron chi connectivity index (χ4n) is 3.66. The third-order valence-electron chi connectivity index (χ3n) is 4.57. The number of halogens is 1. The molecule has 1 unspecified atom stereocenters. The molecule has 102 valence electrons. The SMILES string of the molecule is Fc1ccc2c(c1)C1OCCC[C@@H]1c1ccccc1C2. The Kier molecular flexibility index (Phi) is 2.85. The Morgan fingerprint density at radius 3 is 2.80 bits per heavy atom. The van der Waals surface area contributed by atoms with Crippen LogP contribution in [0.25, 0.3) is 0 Å². The molecule has 1 fully saturated rings. The van der Waals surface area contributed by atoms with Crippen LogP contribution in [-0.2, 0) is 11.2 Å². The van der Waals surface area contributed by atoms with E-state index in [1.807, 2.05) is 6.07 Å². The molecule has 0 saturated carbocycles. The lowest BCUT2D eigenvalue weighted by atomic mass is 9.84. The van der Waals surface area contributed by atoms with Crippen molar-refractivity contribution in [1.82, 2.24) is 0 Å². The smallest absolute Gasteiger partial charge is 0.123 e. The van der Waals surface area contributed by atoms with E-state index in [1.54, 1.807) is 12.1 Å². The fraction of sp³-hybridized carbons (Fsp3) is 0.333. The van der Waals surface area contributed by atoms with Gasteiger partial charge in [0.2, 0.25) is 0 Å². The highest BCUT2D eigenvalue weighted by atomic mass is 19.1. The van der Waals surface area contributed by atoms with Gasteiger partial charge in [0, 0.05) is 12.5 Å². The Bertz CT molecular complexity index is 650. The van der Waals surface area contributed by atoms with E-state index in [4.69, 9.17) is 4.74 Å². The van der Waals surface area contributed by atoms with Gasteiger partial charge in [-0.05, 0) is 53.6 Å². The maximum absolute atomic E-state index is 13.7. The van der Waals surface area contributed by atoms with Crippen LogP contribution in [0.1, 0.15) is 47.1 Å². The predicted molar refractivity (Wildman–Crippen MR) is 76.3 cm³/mol. The highest BCUT2D eigenvalue weighted by Gasteiger charge is 2.34. The van der Waals surface area contributed by atoms with Crippen LogP contribution in [0.5, 0.6) is 0 Å². The molecule has 1 heterocycles. The lowest BCUT2D eigenvalue weighted by Gasteiger charge is -2.32. The van der Waals surface area contributed by atoms with E-state index in [1.165, 1.54) is 16.7 Å². The molecule has 1 nitrogen and oxygen atoms in total. The number of benzene rings is 2. The fourth-order valence-corrected chi connectivity index (χ4v) is 3.66. The van der Waals surface area contributed by atoms with Gasteiger partial charge in [0.05, 0.1) is 6.10 Å². The Labute approximate surface area is 118 Å². The van der Waals surface area contributed by atoms with Gasteiger partial charge >= 0.3 is 0 Å². The first-order valence-electron chi connectivity index (χ1n) is 7.30. The van der Waals surface area contributed by atoms with Gasteiger partial charge in [-0.1, -0.05) is 30.3 Å². The summed E-state index contributed by atoms with van der Waals surface area (Å²) >= 11 is 0. The van der Waals surface area contributed by atoms with Crippen LogP contribution in [0.4, 0.5) is 4.39 Å². The molecule has 0 amide bonds. The Morgan fingerprint density at radius 2 is 1.85 bits per heavy atom. The minimum Gasteiger partial charge on any atom is -0.373 e. The highest BCUT2D eigenvalue weighted by Crippen LogP contribution is 2.46. The number of hydrogen-bond acceptors (Lipinski definition) is 1. The first kappa shape index (κ1) is 12.1. The average Bonchev–Trinajstić information content (AvgIpc) is 2.62. The van der Waals surface area contributed by atoms with E-state index in [0.29, 0.717) is 5.92 Å². The molecule has 0 spiro atoms. The maximum Gasteiger partial charge on any atom is 0.123 e. The van der Waals surface area contributed by atoms with Crippen LogP contribution in [0.2, 0.25) is 0 Å². The van der Waals surface area contributed by atoms with Gasteiger partial charge in [-0.15, -0.1) is 0 Å². The molecular formula is C18H17FO. The number of fused-ring (bicyclic) bond motifs is 5. The van der Waals surface area contributed by atoms with Crippen molar-refractivity contribution in [3.8, 4) is 0 Å². The molecule has 0 N–H and O–H groups in total. The molecule has 0 aromatic heterocycles. The zero-order valence-electron chi connectivity index (χ0n) is 11.3. The van der Waals surface area contributed by atoms with Gasteiger partial charge in [-0.3, -0.25) is 0 Å². The number of hydrogen-bond donors (Lipinski definition) is 0. The van der Waals surface area contributed by atoms with Crippen molar-refractivity contribution in [2.45, 2.75) is 31.3 Å². The zero-order valence-corrected chi connectivity index (χ0v) is 11.3. The maximum atomic E-state index is 13.7. The predicted octanol–water partition coefficient (Wildman–Crippen LogP) is 4.37. The summed E-state index contributed by atoms with van der Waals surface area (Å²) in [6, 6.07) is 13.7. The molecule has 4 rings (SSSR count). The molecule has 2 aromatic rings. The van der Waals surface area contributed by atoms with Crippen molar-refractivity contribution in [3.63, 3.8) is 0 Å². The van der Waals surface area contributed by atoms with Crippen LogP contribution in [-0.4, -0.2) is 6.61 Å².